The van der Waals surface area contributed by atoms with Crippen molar-refractivity contribution in [1.82, 2.24) is 15.1 Å². The summed E-state index contributed by atoms with van der Waals surface area (Å²) >= 11 is 6.21. The molecule has 7 heteroatoms. The summed E-state index contributed by atoms with van der Waals surface area (Å²) in [6, 6.07) is 7.34. The van der Waals surface area contributed by atoms with Gasteiger partial charge in [-0.15, -0.1) is 0 Å². The summed E-state index contributed by atoms with van der Waals surface area (Å²) in [5, 5.41) is 3.02. The summed E-state index contributed by atoms with van der Waals surface area (Å²) < 4.78 is 0. The summed E-state index contributed by atoms with van der Waals surface area (Å²) in [6.45, 7) is 2.01. The number of likely N-dealkylation sites (tertiary alicyclic amines) is 1. The predicted octanol–water partition coefficient (Wildman–Crippen LogP) is 3.55. The third kappa shape index (κ3) is 4.24. The monoisotopic (exact) mass is 429 g/mol. The highest BCUT2D eigenvalue weighted by molar-refractivity contribution is 6.47. The molecule has 4 rings (SSSR count). The smallest absolute Gasteiger partial charge is 0.278 e. The number of nitrogens with one attached hydrogen (secondary N) is 1. The van der Waals surface area contributed by atoms with Gasteiger partial charge in [0, 0.05) is 31.2 Å². The summed E-state index contributed by atoms with van der Waals surface area (Å²) in [4.78, 5) is 41.2. The molecule has 0 radical (unpaired) electrons. The van der Waals surface area contributed by atoms with E-state index in [1.54, 1.807) is 0 Å². The van der Waals surface area contributed by atoms with Gasteiger partial charge in [0.05, 0.1) is 0 Å². The van der Waals surface area contributed by atoms with Crippen molar-refractivity contribution in [1.29, 1.82) is 0 Å². The Balaban J connectivity index is 1.37. The Morgan fingerprint density at radius 3 is 2.23 bits per heavy atom. The highest BCUT2D eigenvalue weighted by Gasteiger charge is 2.41. The normalized spacial score (nSPS) is 20.8. The third-order valence-corrected chi connectivity index (χ3v) is 6.66. The van der Waals surface area contributed by atoms with E-state index in [1.807, 2.05) is 29.2 Å². The largest absolute Gasteiger partial charge is 0.375 e. The standard InChI is InChI=1S/C23H28ClN3O3/c24-19-20(23(30)27(22(19)29)18-7-3-1-4-8-18)25-15-16-9-11-17(12-10-16)21(28)26-13-5-2-6-14-26/h9-12,18,25H,1-8,13-15H2. The van der Waals surface area contributed by atoms with Crippen molar-refractivity contribution in [2.24, 2.45) is 0 Å². The van der Waals surface area contributed by atoms with Gasteiger partial charge in [0.1, 0.15) is 10.7 Å². The van der Waals surface area contributed by atoms with Gasteiger partial charge in [0.15, 0.2) is 0 Å². The zero-order valence-corrected chi connectivity index (χ0v) is 17.9. The van der Waals surface area contributed by atoms with Crippen LogP contribution in [-0.2, 0) is 16.1 Å². The molecule has 0 spiro atoms. The molecule has 6 nitrogen and oxygen atoms in total. The van der Waals surface area contributed by atoms with Crippen molar-refractivity contribution in [3.8, 4) is 0 Å². The van der Waals surface area contributed by atoms with Gasteiger partial charge in [0.25, 0.3) is 17.7 Å². The SMILES string of the molecule is O=C(c1ccc(CNC2=C(Cl)C(=O)N(C3CCCCC3)C2=O)cc1)N1CCCCC1. The second-order valence-corrected chi connectivity index (χ2v) is 8.74. The number of hydrogen-bond acceptors (Lipinski definition) is 4. The molecular formula is C23H28ClN3O3. The molecule has 3 aliphatic rings. The number of piperidine rings is 1. The minimum atomic E-state index is -0.390. The fraction of sp³-hybridized carbons (Fsp3) is 0.522. The number of nitrogens with zero attached hydrogens (tertiary/aromatic N) is 2. The van der Waals surface area contributed by atoms with Gasteiger partial charge >= 0.3 is 0 Å². The van der Waals surface area contributed by atoms with Crippen LogP contribution in [0.1, 0.15) is 67.3 Å². The Morgan fingerprint density at radius 1 is 0.933 bits per heavy atom. The van der Waals surface area contributed by atoms with Gasteiger partial charge in [0.2, 0.25) is 0 Å². The molecule has 3 amide bonds. The first-order chi connectivity index (χ1) is 14.6. The number of rotatable bonds is 5. The Bertz CT molecular complexity index is 853. The molecule has 1 saturated carbocycles. The second kappa shape index (κ2) is 9.21. The lowest BCUT2D eigenvalue weighted by molar-refractivity contribution is -0.140. The molecule has 1 N–H and O–H groups in total. The van der Waals surface area contributed by atoms with E-state index in [9.17, 15) is 14.4 Å². The van der Waals surface area contributed by atoms with Gasteiger partial charge in [-0.25, -0.2) is 0 Å². The molecule has 0 bridgehead atoms. The zero-order chi connectivity index (χ0) is 21.1. The average Bonchev–Trinajstić information content (AvgIpc) is 3.01. The molecule has 1 aliphatic carbocycles. The van der Waals surface area contributed by atoms with Gasteiger partial charge in [-0.1, -0.05) is 43.0 Å². The lowest BCUT2D eigenvalue weighted by Crippen LogP contribution is -2.43. The highest BCUT2D eigenvalue weighted by atomic mass is 35.5. The zero-order valence-electron chi connectivity index (χ0n) is 17.2. The van der Waals surface area contributed by atoms with Crippen molar-refractivity contribution >= 4 is 29.3 Å². The van der Waals surface area contributed by atoms with Crippen LogP contribution in [0.4, 0.5) is 0 Å². The van der Waals surface area contributed by atoms with E-state index >= 15 is 0 Å². The number of amides is 3. The summed E-state index contributed by atoms with van der Waals surface area (Å²) in [5.41, 5.74) is 1.77. The number of hydrogen-bond donors (Lipinski definition) is 1. The molecule has 0 unspecified atom stereocenters. The fourth-order valence-electron chi connectivity index (χ4n) is 4.58. The van der Waals surface area contributed by atoms with Gasteiger partial charge < -0.3 is 10.2 Å². The van der Waals surface area contributed by atoms with E-state index in [2.05, 4.69) is 5.32 Å². The Morgan fingerprint density at radius 2 is 1.57 bits per heavy atom. The van der Waals surface area contributed by atoms with E-state index in [0.29, 0.717) is 12.1 Å². The van der Waals surface area contributed by atoms with Crippen LogP contribution in [0.25, 0.3) is 0 Å². The lowest BCUT2D eigenvalue weighted by atomic mass is 9.94. The Kier molecular flexibility index (Phi) is 6.42. The summed E-state index contributed by atoms with van der Waals surface area (Å²) in [5.74, 6) is -0.646. The van der Waals surface area contributed by atoms with E-state index < -0.39 is 5.91 Å². The summed E-state index contributed by atoms with van der Waals surface area (Å²) in [6.07, 6.45) is 8.22. The second-order valence-electron chi connectivity index (χ2n) is 8.36. The first kappa shape index (κ1) is 20.9. The molecular weight excluding hydrogens is 402 g/mol. The number of imide groups is 1. The molecule has 1 aromatic carbocycles. The molecule has 0 aromatic heterocycles. The van der Waals surface area contributed by atoms with Crippen molar-refractivity contribution in [2.45, 2.75) is 64.0 Å². The number of benzene rings is 1. The van der Waals surface area contributed by atoms with E-state index in [1.165, 1.54) is 11.3 Å². The molecule has 2 fully saturated rings. The Labute approximate surface area is 182 Å². The molecule has 160 valence electrons. The topological polar surface area (TPSA) is 69.7 Å². The molecule has 0 atom stereocenters. The van der Waals surface area contributed by atoms with Crippen LogP contribution in [0.3, 0.4) is 0 Å². The third-order valence-electron chi connectivity index (χ3n) is 6.31. The van der Waals surface area contributed by atoms with Crippen molar-refractivity contribution in [3.05, 3.63) is 46.1 Å². The van der Waals surface area contributed by atoms with E-state index in [0.717, 1.165) is 63.6 Å². The molecule has 2 aliphatic heterocycles. The van der Waals surface area contributed by atoms with Crippen molar-refractivity contribution in [3.63, 3.8) is 0 Å². The van der Waals surface area contributed by atoms with E-state index in [-0.39, 0.29) is 28.6 Å². The molecule has 1 aromatic rings. The van der Waals surface area contributed by atoms with Gasteiger partial charge in [-0.3, -0.25) is 19.3 Å². The lowest BCUT2D eigenvalue weighted by Gasteiger charge is -2.29. The first-order valence-electron chi connectivity index (χ1n) is 11.0. The summed E-state index contributed by atoms with van der Waals surface area (Å²) in [7, 11) is 0. The van der Waals surface area contributed by atoms with Crippen molar-refractivity contribution < 1.29 is 14.4 Å². The number of carbonyl (C=O) groups excluding carboxylic acids is 3. The van der Waals surface area contributed by atoms with Crippen LogP contribution < -0.4 is 5.32 Å². The molecule has 1 saturated heterocycles. The minimum absolute atomic E-state index is 0.0255. The van der Waals surface area contributed by atoms with Crippen molar-refractivity contribution in [2.75, 3.05) is 13.1 Å². The fourth-order valence-corrected chi connectivity index (χ4v) is 4.82. The molecule has 30 heavy (non-hydrogen) atoms. The highest BCUT2D eigenvalue weighted by Crippen LogP contribution is 2.30. The van der Waals surface area contributed by atoms with Crippen LogP contribution in [-0.4, -0.2) is 46.7 Å². The maximum absolute atomic E-state index is 12.8. The number of carbonyl (C=O) groups is 3. The van der Waals surface area contributed by atoms with Crippen LogP contribution in [0.5, 0.6) is 0 Å². The van der Waals surface area contributed by atoms with Crippen LogP contribution in [0.15, 0.2) is 35.0 Å². The van der Waals surface area contributed by atoms with Crippen LogP contribution in [0.2, 0.25) is 0 Å². The maximum Gasteiger partial charge on any atom is 0.278 e. The van der Waals surface area contributed by atoms with Crippen LogP contribution in [0, 0.1) is 0 Å². The predicted molar refractivity (Wildman–Crippen MR) is 115 cm³/mol. The minimum Gasteiger partial charge on any atom is -0.375 e. The number of halogens is 1. The Hall–Kier alpha value is -2.34. The van der Waals surface area contributed by atoms with Gasteiger partial charge in [-0.05, 0) is 49.8 Å². The van der Waals surface area contributed by atoms with Crippen LogP contribution >= 0.6 is 11.6 Å². The average molecular weight is 430 g/mol. The molecule has 2 heterocycles. The maximum atomic E-state index is 12.8. The quantitative estimate of drug-likeness (QED) is 0.726. The van der Waals surface area contributed by atoms with Gasteiger partial charge in [-0.2, -0.15) is 0 Å². The first-order valence-corrected chi connectivity index (χ1v) is 11.3. The van der Waals surface area contributed by atoms with E-state index in [4.69, 9.17) is 11.6 Å².